The zero-order valence-electron chi connectivity index (χ0n) is 6.81. The Morgan fingerprint density at radius 1 is 1.46 bits per heavy atom. The van der Waals surface area contributed by atoms with Crippen molar-refractivity contribution < 1.29 is 5.11 Å². The molecular weight excluding hydrogens is 190 g/mol. The summed E-state index contributed by atoms with van der Waals surface area (Å²) in [5.74, 6) is 0.629. The molecule has 0 amide bonds. The molecule has 5 heteroatoms. The lowest BCUT2D eigenvalue weighted by atomic mass is 10.4. The summed E-state index contributed by atoms with van der Waals surface area (Å²) in [6.07, 6.45) is 2.16. The third kappa shape index (κ3) is 1.64. The summed E-state index contributed by atoms with van der Waals surface area (Å²) in [6, 6.07) is 3.55. The molecule has 0 bridgehead atoms. The Morgan fingerprint density at radius 2 is 2.31 bits per heavy atom. The minimum absolute atomic E-state index is 0.0601. The fourth-order valence-corrected chi connectivity index (χ4v) is 1.27. The molecule has 2 rings (SSSR count). The molecule has 0 radical (unpaired) electrons. The van der Waals surface area contributed by atoms with Gasteiger partial charge in [0.25, 0.3) is 0 Å². The Bertz CT molecular complexity index is 426. The van der Waals surface area contributed by atoms with Gasteiger partial charge >= 0.3 is 0 Å². The van der Waals surface area contributed by atoms with Gasteiger partial charge < -0.3 is 5.11 Å². The van der Waals surface area contributed by atoms with Crippen LogP contribution in [0, 0.1) is 0 Å². The maximum atomic E-state index is 8.68. The molecule has 0 aliphatic carbocycles. The Labute approximate surface area is 79.8 Å². The average Bonchev–Trinajstić information content (AvgIpc) is 2.46. The van der Waals surface area contributed by atoms with Crippen LogP contribution in [0.15, 0.2) is 18.3 Å². The number of aromatic nitrogens is 3. The predicted molar refractivity (Wildman–Crippen MR) is 48.8 cm³/mol. The number of nitrogens with zero attached hydrogens (tertiary/aromatic N) is 3. The number of rotatable bonds is 2. The van der Waals surface area contributed by atoms with E-state index in [1.54, 1.807) is 22.8 Å². The molecule has 0 saturated heterocycles. The highest BCUT2D eigenvalue weighted by Gasteiger charge is 2.02. The van der Waals surface area contributed by atoms with Gasteiger partial charge in [-0.15, -0.1) is 0 Å². The van der Waals surface area contributed by atoms with Crippen LogP contribution in [0.1, 0.15) is 5.82 Å². The van der Waals surface area contributed by atoms with Gasteiger partial charge in [0.2, 0.25) is 0 Å². The molecule has 13 heavy (non-hydrogen) atoms. The monoisotopic (exact) mass is 197 g/mol. The normalized spacial score (nSPS) is 10.9. The zero-order chi connectivity index (χ0) is 9.26. The SMILES string of the molecule is OCCc1nc2ccc(Cl)cn2n1. The van der Waals surface area contributed by atoms with Gasteiger partial charge in [-0.1, -0.05) is 11.6 Å². The van der Waals surface area contributed by atoms with E-state index in [1.165, 1.54) is 0 Å². The first-order chi connectivity index (χ1) is 6.29. The Balaban J connectivity index is 2.49. The molecular formula is C8H8ClN3O. The van der Waals surface area contributed by atoms with E-state index in [4.69, 9.17) is 16.7 Å². The van der Waals surface area contributed by atoms with Crippen molar-refractivity contribution in [3.63, 3.8) is 0 Å². The zero-order valence-corrected chi connectivity index (χ0v) is 7.57. The highest BCUT2D eigenvalue weighted by Crippen LogP contribution is 2.09. The number of aliphatic hydroxyl groups is 1. The standard InChI is InChI=1S/C8H8ClN3O/c9-6-1-2-8-10-7(3-4-13)11-12(8)5-6/h1-2,5,13H,3-4H2. The summed E-state index contributed by atoms with van der Waals surface area (Å²) in [4.78, 5) is 4.18. The Hall–Kier alpha value is -1.13. The molecule has 2 aromatic rings. The highest BCUT2D eigenvalue weighted by molar-refractivity contribution is 6.30. The van der Waals surface area contributed by atoms with Gasteiger partial charge in [-0.05, 0) is 12.1 Å². The third-order valence-electron chi connectivity index (χ3n) is 1.67. The largest absolute Gasteiger partial charge is 0.396 e. The fraction of sp³-hybridized carbons (Fsp3) is 0.250. The summed E-state index contributed by atoms with van der Waals surface area (Å²) < 4.78 is 1.60. The molecule has 0 spiro atoms. The van der Waals surface area contributed by atoms with Crippen molar-refractivity contribution in [2.24, 2.45) is 0 Å². The lowest BCUT2D eigenvalue weighted by Crippen LogP contribution is -1.93. The molecule has 0 aliphatic heterocycles. The summed E-state index contributed by atoms with van der Waals surface area (Å²) in [5.41, 5.74) is 0.743. The van der Waals surface area contributed by atoms with Gasteiger partial charge in [0, 0.05) is 12.6 Å². The van der Waals surface area contributed by atoms with E-state index in [1.807, 2.05) is 0 Å². The van der Waals surface area contributed by atoms with Gasteiger partial charge in [-0.25, -0.2) is 9.50 Å². The number of fused-ring (bicyclic) bond motifs is 1. The van der Waals surface area contributed by atoms with Crippen molar-refractivity contribution in [2.75, 3.05) is 6.61 Å². The Morgan fingerprint density at radius 3 is 3.08 bits per heavy atom. The first-order valence-corrected chi connectivity index (χ1v) is 4.29. The molecule has 0 atom stereocenters. The van der Waals surface area contributed by atoms with E-state index in [0.717, 1.165) is 5.65 Å². The van der Waals surface area contributed by atoms with Gasteiger partial charge in [0.1, 0.15) is 0 Å². The van der Waals surface area contributed by atoms with Gasteiger partial charge in [-0.3, -0.25) is 0 Å². The van der Waals surface area contributed by atoms with E-state index in [2.05, 4.69) is 10.1 Å². The molecule has 2 heterocycles. The topological polar surface area (TPSA) is 50.4 Å². The minimum Gasteiger partial charge on any atom is -0.396 e. The summed E-state index contributed by atoms with van der Waals surface area (Å²) >= 11 is 5.77. The second-order valence-corrected chi connectivity index (χ2v) is 3.09. The van der Waals surface area contributed by atoms with E-state index < -0.39 is 0 Å². The molecule has 2 aromatic heterocycles. The van der Waals surface area contributed by atoms with Gasteiger partial charge in [0.05, 0.1) is 11.6 Å². The van der Waals surface area contributed by atoms with Crippen molar-refractivity contribution in [3.8, 4) is 0 Å². The maximum absolute atomic E-state index is 8.68. The molecule has 1 N–H and O–H groups in total. The fourth-order valence-electron chi connectivity index (χ4n) is 1.11. The van der Waals surface area contributed by atoms with Gasteiger partial charge in [-0.2, -0.15) is 5.10 Å². The summed E-state index contributed by atoms with van der Waals surface area (Å²) in [6.45, 7) is 0.0601. The summed E-state index contributed by atoms with van der Waals surface area (Å²) in [7, 11) is 0. The molecule has 68 valence electrons. The predicted octanol–water partition coefficient (Wildman–Crippen LogP) is 0.918. The van der Waals surface area contributed by atoms with Crippen LogP contribution in [0.3, 0.4) is 0 Å². The minimum atomic E-state index is 0.0601. The number of pyridine rings is 1. The lowest BCUT2D eigenvalue weighted by molar-refractivity contribution is 0.296. The second kappa shape index (κ2) is 3.32. The molecule has 0 saturated carbocycles. The quantitative estimate of drug-likeness (QED) is 0.779. The van der Waals surface area contributed by atoms with Crippen LogP contribution < -0.4 is 0 Å². The molecule has 0 aliphatic rings. The third-order valence-corrected chi connectivity index (χ3v) is 1.90. The maximum Gasteiger partial charge on any atom is 0.155 e. The van der Waals surface area contributed by atoms with Crippen molar-refractivity contribution in [3.05, 3.63) is 29.2 Å². The first-order valence-electron chi connectivity index (χ1n) is 3.91. The number of hydrogen-bond acceptors (Lipinski definition) is 3. The van der Waals surface area contributed by atoms with E-state index in [9.17, 15) is 0 Å². The first kappa shape index (κ1) is 8.47. The van der Waals surface area contributed by atoms with Crippen LogP contribution in [0.4, 0.5) is 0 Å². The second-order valence-electron chi connectivity index (χ2n) is 2.65. The van der Waals surface area contributed by atoms with Crippen LogP contribution in [0.2, 0.25) is 5.02 Å². The lowest BCUT2D eigenvalue weighted by Gasteiger charge is -1.89. The van der Waals surface area contributed by atoms with Crippen LogP contribution in [-0.4, -0.2) is 26.3 Å². The van der Waals surface area contributed by atoms with Crippen molar-refractivity contribution in [1.82, 2.24) is 14.6 Å². The van der Waals surface area contributed by atoms with E-state index in [-0.39, 0.29) is 6.61 Å². The van der Waals surface area contributed by atoms with Crippen LogP contribution in [-0.2, 0) is 6.42 Å². The highest BCUT2D eigenvalue weighted by atomic mass is 35.5. The molecule has 4 nitrogen and oxygen atoms in total. The number of halogens is 1. The Kier molecular flexibility index (Phi) is 2.16. The van der Waals surface area contributed by atoms with Crippen LogP contribution in [0.5, 0.6) is 0 Å². The van der Waals surface area contributed by atoms with Gasteiger partial charge in [0.15, 0.2) is 11.5 Å². The van der Waals surface area contributed by atoms with Crippen LogP contribution in [0.25, 0.3) is 5.65 Å². The smallest absolute Gasteiger partial charge is 0.155 e. The van der Waals surface area contributed by atoms with Crippen molar-refractivity contribution in [2.45, 2.75) is 6.42 Å². The van der Waals surface area contributed by atoms with Crippen molar-refractivity contribution in [1.29, 1.82) is 0 Å². The molecule has 0 aromatic carbocycles. The average molecular weight is 198 g/mol. The van der Waals surface area contributed by atoms with Crippen molar-refractivity contribution >= 4 is 17.2 Å². The van der Waals surface area contributed by atoms with E-state index in [0.29, 0.717) is 17.3 Å². The molecule has 0 unspecified atom stereocenters. The number of aliphatic hydroxyl groups excluding tert-OH is 1. The summed E-state index contributed by atoms with van der Waals surface area (Å²) in [5, 5.41) is 13.4. The number of hydrogen-bond donors (Lipinski definition) is 1. The molecule has 0 fully saturated rings. The van der Waals surface area contributed by atoms with Crippen LogP contribution >= 0.6 is 11.6 Å². The van der Waals surface area contributed by atoms with E-state index >= 15 is 0 Å².